The van der Waals surface area contributed by atoms with Gasteiger partial charge in [-0.15, -0.1) is 5.10 Å². The summed E-state index contributed by atoms with van der Waals surface area (Å²) >= 11 is 0. The number of aromatic nitrogens is 3. The summed E-state index contributed by atoms with van der Waals surface area (Å²) in [4.78, 5) is 27.8. The SMILES string of the molecule is CC(C)=CCC/C(C)=C/CN1C(=O)[C@@](O)([C@@H](C)/C=C/CCn2cc(C(CO)c3ccccc3)nn2)c2cc(NC(=O)[C@H](C)O)ccc21. The summed E-state index contributed by atoms with van der Waals surface area (Å²) in [7, 11) is 0. The van der Waals surface area contributed by atoms with Gasteiger partial charge in [-0.25, -0.2) is 0 Å². The third-order valence-electron chi connectivity index (χ3n) is 8.54. The number of hydrogen-bond donors (Lipinski definition) is 4. The van der Waals surface area contributed by atoms with Crippen molar-refractivity contribution in [2.24, 2.45) is 5.92 Å². The van der Waals surface area contributed by atoms with Crippen molar-refractivity contribution in [3.8, 4) is 0 Å². The van der Waals surface area contributed by atoms with Gasteiger partial charge in [-0.2, -0.15) is 0 Å². The lowest BCUT2D eigenvalue weighted by Crippen LogP contribution is -2.44. The number of fused-ring (bicyclic) bond motifs is 1. The molecule has 0 saturated heterocycles. The number of carbonyl (C=O) groups is 2. The van der Waals surface area contributed by atoms with Crippen LogP contribution in [-0.2, 0) is 21.7 Å². The number of aryl methyl sites for hydroxylation is 1. The van der Waals surface area contributed by atoms with Crippen LogP contribution in [0.4, 0.5) is 11.4 Å². The van der Waals surface area contributed by atoms with E-state index in [1.165, 1.54) is 12.5 Å². The molecule has 1 aliphatic heterocycles. The first-order valence-corrected chi connectivity index (χ1v) is 16.1. The molecule has 0 saturated carbocycles. The monoisotopic (exact) mass is 641 g/mol. The standard InChI is InChI=1S/C37H47N5O5/c1-25(2)12-11-13-26(3)19-21-42-34-18-17-30(38-35(45)28(5)44)22-32(34)37(47,36(42)46)27(4)14-9-10-20-41-23-33(39-40-41)31(24-43)29-15-7-6-8-16-29/h6-9,12,14-19,22-23,27-28,31,43-44,47H,10-11,13,20-21,24H2,1-5H3,(H,38,45)/b14-9+,26-19+/t27-,28-,31?,37+/m0/s1. The first-order valence-electron chi connectivity index (χ1n) is 16.1. The Hall–Kier alpha value is -4.38. The number of aliphatic hydroxyl groups excluding tert-OH is 2. The first kappa shape index (κ1) is 35.5. The van der Waals surface area contributed by atoms with E-state index in [4.69, 9.17) is 0 Å². The number of anilines is 2. The van der Waals surface area contributed by atoms with Crippen LogP contribution in [0.15, 0.2) is 90.2 Å². The maximum Gasteiger partial charge on any atom is 0.264 e. The van der Waals surface area contributed by atoms with Crippen LogP contribution in [0.3, 0.4) is 0 Å². The quantitative estimate of drug-likeness (QED) is 0.167. The molecule has 1 aliphatic rings. The van der Waals surface area contributed by atoms with Crippen molar-refractivity contribution in [3.63, 3.8) is 0 Å². The molecule has 250 valence electrons. The predicted octanol–water partition coefficient (Wildman–Crippen LogP) is 5.23. The van der Waals surface area contributed by atoms with E-state index in [0.717, 1.165) is 24.0 Å². The molecule has 4 rings (SSSR count). The lowest BCUT2D eigenvalue weighted by atomic mass is 9.82. The molecule has 10 heteroatoms. The molecule has 10 nitrogen and oxygen atoms in total. The van der Waals surface area contributed by atoms with Crippen LogP contribution in [-0.4, -0.2) is 61.4 Å². The van der Waals surface area contributed by atoms with Crippen LogP contribution in [0.2, 0.25) is 0 Å². The molecule has 4 N–H and O–H groups in total. The third kappa shape index (κ3) is 8.51. The van der Waals surface area contributed by atoms with Gasteiger partial charge in [-0.3, -0.25) is 14.3 Å². The molecule has 47 heavy (non-hydrogen) atoms. The van der Waals surface area contributed by atoms with Crippen LogP contribution in [0.1, 0.15) is 76.6 Å². The van der Waals surface area contributed by atoms with Gasteiger partial charge < -0.3 is 25.5 Å². The van der Waals surface area contributed by atoms with Gasteiger partial charge in [-0.05, 0) is 70.7 Å². The highest BCUT2D eigenvalue weighted by Crippen LogP contribution is 2.46. The number of benzene rings is 2. The fraction of sp³-hybridized carbons (Fsp3) is 0.405. The summed E-state index contributed by atoms with van der Waals surface area (Å²) in [6, 6.07) is 14.7. The Labute approximate surface area is 277 Å². The van der Waals surface area contributed by atoms with Crippen molar-refractivity contribution >= 4 is 23.2 Å². The van der Waals surface area contributed by atoms with Crippen molar-refractivity contribution < 1.29 is 24.9 Å². The van der Waals surface area contributed by atoms with E-state index in [2.05, 4.69) is 35.6 Å². The Morgan fingerprint density at radius 3 is 2.49 bits per heavy atom. The Balaban J connectivity index is 1.51. The van der Waals surface area contributed by atoms with Gasteiger partial charge >= 0.3 is 0 Å². The molecule has 0 fully saturated rings. The molecule has 2 amide bonds. The normalized spacial score (nSPS) is 18.3. The number of nitrogens with one attached hydrogen (secondary N) is 1. The Bertz CT molecular complexity index is 1620. The van der Waals surface area contributed by atoms with E-state index in [-0.39, 0.29) is 12.5 Å². The molecule has 2 heterocycles. The zero-order valence-corrected chi connectivity index (χ0v) is 27.9. The average molecular weight is 642 g/mol. The number of amides is 2. The smallest absolute Gasteiger partial charge is 0.264 e. The number of carbonyl (C=O) groups excluding carboxylic acids is 2. The fourth-order valence-electron chi connectivity index (χ4n) is 5.67. The number of nitrogens with zero attached hydrogens (tertiary/aromatic N) is 4. The molecule has 0 aliphatic carbocycles. The average Bonchev–Trinajstić information content (AvgIpc) is 3.59. The van der Waals surface area contributed by atoms with Gasteiger partial charge in [0.2, 0.25) is 0 Å². The second kappa shape index (κ2) is 15.9. The van der Waals surface area contributed by atoms with Crippen molar-refractivity contribution in [1.29, 1.82) is 0 Å². The second-order valence-corrected chi connectivity index (χ2v) is 12.5. The molecule has 1 aromatic heterocycles. The van der Waals surface area contributed by atoms with E-state index >= 15 is 0 Å². The summed E-state index contributed by atoms with van der Waals surface area (Å²) < 4.78 is 1.71. The van der Waals surface area contributed by atoms with Crippen molar-refractivity contribution in [3.05, 3.63) is 107 Å². The van der Waals surface area contributed by atoms with Crippen molar-refractivity contribution in [2.75, 3.05) is 23.4 Å². The zero-order valence-electron chi connectivity index (χ0n) is 27.9. The fourth-order valence-corrected chi connectivity index (χ4v) is 5.67. The molecular weight excluding hydrogens is 594 g/mol. The molecule has 2 aromatic carbocycles. The van der Waals surface area contributed by atoms with Crippen LogP contribution in [0.25, 0.3) is 0 Å². The van der Waals surface area contributed by atoms with Gasteiger partial charge in [0.05, 0.1) is 23.9 Å². The number of aliphatic hydroxyl groups is 3. The van der Waals surface area contributed by atoms with Crippen molar-refractivity contribution in [1.82, 2.24) is 15.0 Å². The van der Waals surface area contributed by atoms with Crippen molar-refractivity contribution in [2.45, 2.75) is 78.0 Å². The highest BCUT2D eigenvalue weighted by atomic mass is 16.3. The predicted molar refractivity (Wildman–Crippen MR) is 184 cm³/mol. The Kier molecular flexibility index (Phi) is 12.0. The summed E-state index contributed by atoms with van der Waals surface area (Å²) in [5.74, 6) is -1.89. The molecule has 0 radical (unpaired) electrons. The number of allylic oxidation sites excluding steroid dienone is 4. The lowest BCUT2D eigenvalue weighted by molar-refractivity contribution is -0.139. The minimum absolute atomic E-state index is 0.0824. The molecule has 1 unspecified atom stereocenters. The number of hydrogen-bond acceptors (Lipinski definition) is 7. The minimum Gasteiger partial charge on any atom is -0.395 e. The summed E-state index contributed by atoms with van der Waals surface area (Å²) in [6.07, 6.45) is 10.9. The van der Waals surface area contributed by atoms with Gasteiger partial charge in [0, 0.05) is 36.5 Å². The van der Waals surface area contributed by atoms with Gasteiger partial charge in [0.25, 0.3) is 11.8 Å². The molecular formula is C37H47N5O5. The largest absolute Gasteiger partial charge is 0.395 e. The minimum atomic E-state index is -1.87. The summed E-state index contributed by atoms with van der Waals surface area (Å²) in [5, 5.41) is 42.9. The van der Waals surface area contributed by atoms with E-state index in [1.54, 1.807) is 34.7 Å². The Morgan fingerprint density at radius 1 is 1.06 bits per heavy atom. The van der Waals surface area contributed by atoms with Gasteiger partial charge in [0.15, 0.2) is 5.60 Å². The molecule has 0 spiro atoms. The number of rotatable bonds is 15. The molecule has 0 bridgehead atoms. The van der Waals surface area contributed by atoms with Gasteiger partial charge in [0.1, 0.15) is 6.10 Å². The Morgan fingerprint density at radius 2 is 1.81 bits per heavy atom. The summed E-state index contributed by atoms with van der Waals surface area (Å²) in [5.41, 5.74) is 3.53. The first-order chi connectivity index (χ1) is 22.4. The third-order valence-corrected chi connectivity index (χ3v) is 8.54. The summed E-state index contributed by atoms with van der Waals surface area (Å²) in [6.45, 7) is 10.1. The van der Waals surface area contributed by atoms with Crippen LogP contribution in [0, 0.1) is 5.92 Å². The molecule has 4 atom stereocenters. The highest BCUT2D eigenvalue weighted by Gasteiger charge is 2.52. The second-order valence-electron chi connectivity index (χ2n) is 12.5. The van der Waals surface area contributed by atoms with Gasteiger partial charge in [-0.1, -0.05) is 77.9 Å². The lowest BCUT2D eigenvalue weighted by Gasteiger charge is -2.27. The van der Waals surface area contributed by atoms with E-state index in [0.29, 0.717) is 42.1 Å². The van der Waals surface area contributed by atoms with Crippen LogP contribution in [0.5, 0.6) is 0 Å². The van der Waals surface area contributed by atoms with E-state index in [9.17, 15) is 24.9 Å². The highest BCUT2D eigenvalue weighted by molar-refractivity contribution is 6.08. The zero-order chi connectivity index (χ0) is 34.1. The van der Waals surface area contributed by atoms with E-state index in [1.807, 2.05) is 61.7 Å². The molecule has 3 aromatic rings. The van der Waals surface area contributed by atoms with Crippen LogP contribution < -0.4 is 10.2 Å². The maximum atomic E-state index is 14.0. The maximum absolute atomic E-state index is 14.0. The van der Waals surface area contributed by atoms with Crippen LogP contribution >= 0.6 is 0 Å². The van der Waals surface area contributed by atoms with E-state index < -0.39 is 29.4 Å². The topological polar surface area (TPSA) is 141 Å².